The summed E-state index contributed by atoms with van der Waals surface area (Å²) in [6.45, 7) is 5.99. The minimum absolute atomic E-state index is 0.213. The van der Waals surface area contributed by atoms with Crippen LogP contribution in [-0.4, -0.2) is 33.5 Å². The fraction of sp³-hybridized carbons (Fsp3) is 0.533. The molecule has 0 aromatic heterocycles. The molecule has 4 heteroatoms. The average molecular weight is 278 g/mol. The monoisotopic (exact) mass is 278 g/mol. The zero-order valence-corrected chi connectivity index (χ0v) is 12.9. The predicted molar refractivity (Wildman–Crippen MR) is 82.3 cm³/mol. The third-order valence-electron chi connectivity index (χ3n) is 3.39. The Balaban J connectivity index is 2.12. The number of rotatable bonds is 2. The molecule has 0 saturated carbocycles. The molecule has 104 valence electrons. The zero-order chi connectivity index (χ0) is 14.1. The Bertz CT molecular complexity index is 468. The molecule has 1 unspecified atom stereocenters. The molecule has 0 spiro atoms. The van der Waals surface area contributed by atoms with E-state index in [9.17, 15) is 5.11 Å². The van der Waals surface area contributed by atoms with Gasteiger partial charge in [-0.25, -0.2) is 0 Å². The van der Waals surface area contributed by atoms with Crippen LogP contribution in [-0.2, 0) is 5.75 Å². The summed E-state index contributed by atoms with van der Waals surface area (Å²) in [5, 5.41) is 11.4. The summed E-state index contributed by atoms with van der Waals surface area (Å²) in [6.07, 6.45) is 0.645. The average Bonchev–Trinajstić information content (AvgIpc) is 2.32. The summed E-state index contributed by atoms with van der Waals surface area (Å²) in [4.78, 5) is 6.63. The molecule has 0 saturated heterocycles. The Labute approximate surface area is 119 Å². The zero-order valence-electron chi connectivity index (χ0n) is 12.1. The topological polar surface area (TPSA) is 35.8 Å². The minimum atomic E-state index is -0.829. The van der Waals surface area contributed by atoms with Crippen molar-refractivity contribution < 1.29 is 5.11 Å². The molecule has 1 aromatic rings. The molecule has 1 aliphatic heterocycles. The lowest BCUT2D eigenvalue weighted by molar-refractivity contribution is -0.0666. The summed E-state index contributed by atoms with van der Waals surface area (Å²) < 4.78 is 0. The van der Waals surface area contributed by atoms with Crippen LogP contribution in [0.2, 0.25) is 0 Å². The van der Waals surface area contributed by atoms with Crippen molar-refractivity contribution in [3.05, 3.63) is 35.9 Å². The quantitative estimate of drug-likeness (QED) is 0.903. The molecular formula is C15H22N2OS. The third-order valence-corrected chi connectivity index (χ3v) is 4.49. The highest BCUT2D eigenvalue weighted by atomic mass is 32.2. The van der Waals surface area contributed by atoms with Gasteiger partial charge < -0.3 is 10.0 Å². The normalized spacial score (nSPS) is 26.2. The maximum absolute atomic E-state index is 10.5. The van der Waals surface area contributed by atoms with Crippen molar-refractivity contribution in [2.45, 2.75) is 44.2 Å². The molecule has 2 rings (SSSR count). The number of hydrogen-bond acceptors (Lipinski definition) is 4. The Kier molecular flexibility index (Phi) is 3.92. The molecule has 1 heterocycles. The Hall–Kier alpha value is -1.00. The summed E-state index contributed by atoms with van der Waals surface area (Å²) in [7, 11) is 1.91. The van der Waals surface area contributed by atoms with Crippen LogP contribution in [0, 0.1) is 0 Å². The van der Waals surface area contributed by atoms with Crippen LogP contribution in [0.5, 0.6) is 0 Å². The van der Waals surface area contributed by atoms with Crippen LogP contribution in [0.1, 0.15) is 32.8 Å². The van der Waals surface area contributed by atoms with E-state index in [-0.39, 0.29) is 5.54 Å². The molecule has 0 fully saturated rings. The summed E-state index contributed by atoms with van der Waals surface area (Å²) in [5.41, 5.74) is 0.228. The Morgan fingerprint density at radius 3 is 2.53 bits per heavy atom. The molecular weight excluding hydrogens is 256 g/mol. The fourth-order valence-corrected chi connectivity index (χ4v) is 3.56. The van der Waals surface area contributed by atoms with E-state index in [0.29, 0.717) is 6.42 Å². The first-order valence-electron chi connectivity index (χ1n) is 6.53. The van der Waals surface area contributed by atoms with Gasteiger partial charge in [0.1, 0.15) is 5.72 Å². The summed E-state index contributed by atoms with van der Waals surface area (Å²) in [5.74, 6) is 0.871. The Morgan fingerprint density at radius 2 is 1.89 bits per heavy atom. The van der Waals surface area contributed by atoms with E-state index in [1.165, 1.54) is 5.56 Å². The SMILES string of the molecule is CN1C(SCc2ccccc2)=NC(C)(C)CC1(C)O. The lowest BCUT2D eigenvalue weighted by Gasteiger charge is -2.44. The smallest absolute Gasteiger partial charge is 0.162 e. The molecule has 19 heavy (non-hydrogen) atoms. The van der Waals surface area contributed by atoms with Gasteiger partial charge in [0.2, 0.25) is 0 Å². The van der Waals surface area contributed by atoms with Crippen LogP contribution < -0.4 is 0 Å². The van der Waals surface area contributed by atoms with Gasteiger partial charge in [-0.15, -0.1) is 0 Å². The standard InChI is InChI=1S/C15H22N2OS/c1-14(2)11-15(3,18)17(4)13(16-14)19-10-12-8-6-5-7-9-12/h5-9,18H,10-11H2,1-4H3. The highest BCUT2D eigenvalue weighted by Gasteiger charge is 2.40. The van der Waals surface area contributed by atoms with Gasteiger partial charge in [0, 0.05) is 19.2 Å². The lowest BCUT2D eigenvalue weighted by Crippen LogP contribution is -2.54. The molecule has 1 aliphatic rings. The van der Waals surface area contributed by atoms with E-state index in [0.717, 1.165) is 10.9 Å². The summed E-state index contributed by atoms with van der Waals surface area (Å²) >= 11 is 1.68. The van der Waals surface area contributed by atoms with Gasteiger partial charge >= 0.3 is 0 Å². The number of aliphatic imine (C=N–C) groups is 1. The van der Waals surface area contributed by atoms with Crippen molar-refractivity contribution in [3.8, 4) is 0 Å². The first-order valence-corrected chi connectivity index (χ1v) is 7.51. The highest BCUT2D eigenvalue weighted by Crippen LogP contribution is 2.34. The van der Waals surface area contributed by atoms with Crippen molar-refractivity contribution in [3.63, 3.8) is 0 Å². The van der Waals surface area contributed by atoms with Crippen LogP contribution in [0.4, 0.5) is 0 Å². The second kappa shape index (κ2) is 5.17. The van der Waals surface area contributed by atoms with E-state index in [1.54, 1.807) is 11.8 Å². The first kappa shape index (κ1) is 14.4. The van der Waals surface area contributed by atoms with E-state index in [1.807, 2.05) is 37.1 Å². The lowest BCUT2D eigenvalue weighted by atomic mass is 9.92. The van der Waals surface area contributed by atoms with E-state index >= 15 is 0 Å². The number of hydrogen-bond donors (Lipinski definition) is 1. The van der Waals surface area contributed by atoms with Crippen molar-refractivity contribution in [1.29, 1.82) is 0 Å². The maximum Gasteiger partial charge on any atom is 0.162 e. The molecule has 3 nitrogen and oxygen atoms in total. The number of nitrogens with zero attached hydrogens (tertiary/aromatic N) is 2. The third kappa shape index (κ3) is 3.51. The van der Waals surface area contributed by atoms with Crippen LogP contribution >= 0.6 is 11.8 Å². The van der Waals surface area contributed by atoms with Crippen molar-refractivity contribution in [1.82, 2.24) is 4.90 Å². The van der Waals surface area contributed by atoms with Gasteiger partial charge in [0.25, 0.3) is 0 Å². The van der Waals surface area contributed by atoms with Crippen molar-refractivity contribution in [2.75, 3.05) is 7.05 Å². The van der Waals surface area contributed by atoms with Crippen LogP contribution in [0.15, 0.2) is 35.3 Å². The summed E-state index contributed by atoms with van der Waals surface area (Å²) in [6, 6.07) is 10.3. The van der Waals surface area contributed by atoms with Crippen LogP contribution in [0.25, 0.3) is 0 Å². The molecule has 1 aromatic carbocycles. The maximum atomic E-state index is 10.5. The van der Waals surface area contributed by atoms with Gasteiger partial charge in [-0.1, -0.05) is 42.1 Å². The molecule has 1 atom stereocenters. The van der Waals surface area contributed by atoms with E-state index < -0.39 is 5.72 Å². The van der Waals surface area contributed by atoms with Crippen molar-refractivity contribution >= 4 is 16.9 Å². The van der Waals surface area contributed by atoms with Gasteiger partial charge in [0.05, 0.1) is 5.54 Å². The molecule has 0 aliphatic carbocycles. The number of thioether (sulfide) groups is 1. The molecule has 0 amide bonds. The Morgan fingerprint density at radius 1 is 1.26 bits per heavy atom. The molecule has 0 bridgehead atoms. The van der Waals surface area contributed by atoms with E-state index in [2.05, 4.69) is 26.0 Å². The van der Waals surface area contributed by atoms with E-state index in [4.69, 9.17) is 4.99 Å². The van der Waals surface area contributed by atoms with Gasteiger partial charge in [0.15, 0.2) is 5.17 Å². The first-order chi connectivity index (χ1) is 8.80. The minimum Gasteiger partial charge on any atom is -0.371 e. The largest absolute Gasteiger partial charge is 0.371 e. The predicted octanol–water partition coefficient (Wildman–Crippen LogP) is 3.10. The second-order valence-electron chi connectivity index (χ2n) is 5.93. The molecule has 1 N–H and O–H groups in total. The van der Waals surface area contributed by atoms with Crippen LogP contribution in [0.3, 0.4) is 0 Å². The second-order valence-corrected chi connectivity index (χ2v) is 6.88. The fourth-order valence-electron chi connectivity index (χ4n) is 2.37. The highest BCUT2D eigenvalue weighted by molar-refractivity contribution is 8.13. The van der Waals surface area contributed by atoms with Gasteiger partial charge in [-0.2, -0.15) is 0 Å². The number of benzene rings is 1. The number of amidine groups is 1. The number of aliphatic hydroxyl groups is 1. The van der Waals surface area contributed by atoms with Gasteiger partial charge in [-0.05, 0) is 26.3 Å². The van der Waals surface area contributed by atoms with Gasteiger partial charge in [-0.3, -0.25) is 4.99 Å². The van der Waals surface area contributed by atoms with Crippen molar-refractivity contribution in [2.24, 2.45) is 4.99 Å². The molecule has 0 radical (unpaired) electrons.